The first-order valence-electron chi connectivity index (χ1n) is 6.45. The molecule has 1 aromatic carbocycles. The monoisotopic (exact) mass is 307 g/mol. The maximum Gasteiger partial charge on any atom is 0.238 e. The summed E-state index contributed by atoms with van der Waals surface area (Å²) in [5, 5.41) is 0. The molecule has 0 spiro atoms. The highest BCUT2D eigenvalue weighted by atomic mass is 32.2. The molecule has 2 rings (SSSR count). The Balaban J connectivity index is 1.93. The van der Waals surface area contributed by atoms with E-state index in [-0.39, 0.29) is 18.3 Å². The fourth-order valence-corrected chi connectivity index (χ4v) is 2.52. The van der Waals surface area contributed by atoms with Crippen molar-refractivity contribution >= 4 is 16.0 Å². The maximum atomic E-state index is 11.9. The average molecular weight is 307 g/mol. The van der Waals surface area contributed by atoms with E-state index in [2.05, 4.69) is 14.7 Å². The number of hydrogen-bond acceptors (Lipinski definition) is 5. The van der Waals surface area contributed by atoms with Crippen LogP contribution in [0.5, 0.6) is 5.75 Å². The molecular weight excluding hydrogens is 290 g/mol. The van der Waals surface area contributed by atoms with Crippen molar-refractivity contribution in [1.82, 2.24) is 9.97 Å². The fourth-order valence-electron chi connectivity index (χ4n) is 1.75. The molecule has 0 bridgehead atoms. The predicted molar refractivity (Wildman–Crippen MR) is 80.9 cm³/mol. The van der Waals surface area contributed by atoms with E-state index in [1.54, 1.807) is 32.0 Å². The van der Waals surface area contributed by atoms with Gasteiger partial charge in [-0.3, -0.25) is 4.72 Å². The first-order chi connectivity index (χ1) is 9.94. The predicted octanol–water partition coefficient (Wildman–Crippen LogP) is 1.91. The lowest BCUT2D eigenvalue weighted by Crippen LogP contribution is -2.22. The molecule has 0 radical (unpaired) electrons. The van der Waals surface area contributed by atoms with Gasteiger partial charge >= 0.3 is 0 Å². The van der Waals surface area contributed by atoms with E-state index in [1.165, 1.54) is 0 Å². The highest BCUT2D eigenvalue weighted by Gasteiger charge is 2.13. The van der Waals surface area contributed by atoms with Gasteiger partial charge in [0.15, 0.2) is 0 Å². The van der Waals surface area contributed by atoms with Gasteiger partial charge in [0, 0.05) is 11.4 Å². The molecule has 0 unspecified atom stereocenters. The Morgan fingerprint density at radius 1 is 1.10 bits per heavy atom. The number of hydrogen-bond donors (Lipinski definition) is 1. The van der Waals surface area contributed by atoms with E-state index in [0.717, 1.165) is 0 Å². The summed E-state index contributed by atoms with van der Waals surface area (Å²) in [6.45, 7) is 3.63. The van der Waals surface area contributed by atoms with Crippen molar-refractivity contribution < 1.29 is 13.2 Å². The Labute approximate surface area is 124 Å². The number of ether oxygens (including phenoxy) is 1. The van der Waals surface area contributed by atoms with Gasteiger partial charge in [-0.15, -0.1) is 0 Å². The van der Waals surface area contributed by atoms with E-state index in [4.69, 9.17) is 4.74 Å². The molecule has 0 aliphatic carbocycles. The summed E-state index contributed by atoms with van der Waals surface area (Å²) < 4.78 is 31.6. The van der Waals surface area contributed by atoms with Crippen LogP contribution < -0.4 is 9.46 Å². The summed E-state index contributed by atoms with van der Waals surface area (Å²) >= 11 is 0. The van der Waals surface area contributed by atoms with Crippen molar-refractivity contribution in [1.29, 1.82) is 0 Å². The molecule has 0 fully saturated rings. The second-order valence-electron chi connectivity index (χ2n) is 4.56. The number of nitrogens with zero attached hydrogens (tertiary/aromatic N) is 2. The van der Waals surface area contributed by atoms with Gasteiger partial charge in [-0.1, -0.05) is 18.2 Å². The Bertz CT molecular complexity index is 682. The molecule has 0 atom stereocenters. The minimum atomic E-state index is -3.54. The summed E-state index contributed by atoms with van der Waals surface area (Å²) in [7, 11) is -3.54. The van der Waals surface area contributed by atoms with E-state index < -0.39 is 10.0 Å². The highest BCUT2D eigenvalue weighted by Crippen LogP contribution is 2.09. The molecule has 2 aromatic rings. The zero-order valence-electron chi connectivity index (χ0n) is 11.9. The number of rotatable bonds is 6. The number of anilines is 1. The topological polar surface area (TPSA) is 81.2 Å². The normalized spacial score (nSPS) is 11.1. The molecule has 1 heterocycles. The van der Waals surface area contributed by atoms with Gasteiger partial charge in [0.25, 0.3) is 0 Å². The number of sulfonamides is 1. The third-order valence-corrected chi connectivity index (χ3v) is 3.79. The first kappa shape index (κ1) is 15.2. The van der Waals surface area contributed by atoms with Gasteiger partial charge in [-0.2, -0.15) is 0 Å². The molecule has 0 amide bonds. The van der Waals surface area contributed by atoms with Crippen LogP contribution in [0.2, 0.25) is 0 Å². The molecule has 6 nitrogen and oxygen atoms in total. The van der Waals surface area contributed by atoms with Crippen LogP contribution in [-0.2, 0) is 10.0 Å². The Hall–Kier alpha value is -2.15. The Kier molecular flexibility index (Phi) is 4.74. The third-order valence-electron chi connectivity index (χ3n) is 2.59. The quantitative estimate of drug-likeness (QED) is 0.881. The number of aryl methyl sites for hydroxylation is 2. The van der Waals surface area contributed by atoms with Crippen molar-refractivity contribution in [3.63, 3.8) is 0 Å². The Morgan fingerprint density at radius 2 is 1.71 bits per heavy atom. The lowest BCUT2D eigenvalue weighted by atomic mass is 10.3. The first-order valence-corrected chi connectivity index (χ1v) is 8.10. The Morgan fingerprint density at radius 3 is 2.33 bits per heavy atom. The minimum Gasteiger partial charge on any atom is -0.492 e. The molecule has 1 N–H and O–H groups in total. The molecule has 0 aliphatic rings. The maximum absolute atomic E-state index is 11.9. The molecule has 21 heavy (non-hydrogen) atoms. The van der Waals surface area contributed by atoms with E-state index in [1.807, 2.05) is 18.2 Å². The molecule has 1 aromatic heterocycles. The van der Waals surface area contributed by atoms with Crippen LogP contribution in [0.25, 0.3) is 0 Å². The second kappa shape index (κ2) is 6.53. The van der Waals surface area contributed by atoms with Crippen molar-refractivity contribution in [2.75, 3.05) is 17.1 Å². The molecule has 7 heteroatoms. The number of aromatic nitrogens is 2. The third kappa shape index (κ3) is 5.03. The second-order valence-corrected chi connectivity index (χ2v) is 6.40. The van der Waals surface area contributed by atoms with Gasteiger partial charge in [-0.05, 0) is 32.0 Å². The largest absolute Gasteiger partial charge is 0.492 e. The number of benzene rings is 1. The smallest absolute Gasteiger partial charge is 0.238 e. The van der Waals surface area contributed by atoms with Crippen LogP contribution in [0.1, 0.15) is 11.4 Å². The summed E-state index contributed by atoms with van der Waals surface area (Å²) in [4.78, 5) is 8.09. The highest BCUT2D eigenvalue weighted by molar-refractivity contribution is 7.92. The lowest BCUT2D eigenvalue weighted by Gasteiger charge is -2.09. The zero-order chi connectivity index (χ0) is 15.3. The van der Waals surface area contributed by atoms with Gasteiger partial charge < -0.3 is 4.74 Å². The van der Waals surface area contributed by atoms with E-state index in [0.29, 0.717) is 17.1 Å². The lowest BCUT2D eigenvalue weighted by molar-refractivity contribution is 0.341. The fraction of sp³-hybridized carbons (Fsp3) is 0.286. The summed E-state index contributed by atoms with van der Waals surface area (Å²) in [6, 6.07) is 10.8. The SMILES string of the molecule is Cc1cc(C)nc(NS(=O)(=O)CCOc2ccccc2)n1. The summed E-state index contributed by atoms with van der Waals surface area (Å²) in [5.74, 6) is 0.556. The van der Waals surface area contributed by atoms with Crippen LogP contribution in [0.15, 0.2) is 36.4 Å². The van der Waals surface area contributed by atoms with Gasteiger partial charge in [0.05, 0.1) is 0 Å². The molecule has 0 saturated heterocycles. The van der Waals surface area contributed by atoms with Crippen LogP contribution >= 0.6 is 0 Å². The molecular formula is C14H17N3O3S. The van der Waals surface area contributed by atoms with E-state index in [9.17, 15) is 8.42 Å². The van der Waals surface area contributed by atoms with Gasteiger partial charge in [0.2, 0.25) is 16.0 Å². The zero-order valence-corrected chi connectivity index (χ0v) is 12.7. The number of nitrogens with one attached hydrogen (secondary N) is 1. The standard InChI is InChI=1S/C14H17N3O3S/c1-11-10-12(2)16-14(15-11)17-21(18,19)9-8-20-13-6-4-3-5-7-13/h3-7,10H,8-9H2,1-2H3,(H,15,16,17). The van der Waals surface area contributed by atoms with Crippen LogP contribution in [-0.4, -0.2) is 30.7 Å². The van der Waals surface area contributed by atoms with Crippen molar-refractivity contribution in [2.24, 2.45) is 0 Å². The van der Waals surface area contributed by atoms with Crippen molar-refractivity contribution in [2.45, 2.75) is 13.8 Å². The summed E-state index contributed by atoms with van der Waals surface area (Å²) in [6.07, 6.45) is 0. The van der Waals surface area contributed by atoms with Crippen molar-refractivity contribution in [3.05, 3.63) is 47.8 Å². The van der Waals surface area contributed by atoms with Crippen LogP contribution in [0, 0.1) is 13.8 Å². The van der Waals surface area contributed by atoms with Gasteiger partial charge in [0.1, 0.15) is 18.1 Å². The minimum absolute atomic E-state index is 0.0597. The van der Waals surface area contributed by atoms with Crippen LogP contribution in [0.4, 0.5) is 5.95 Å². The average Bonchev–Trinajstić information content (AvgIpc) is 2.37. The van der Waals surface area contributed by atoms with Gasteiger partial charge in [-0.25, -0.2) is 18.4 Å². The molecule has 112 valence electrons. The van der Waals surface area contributed by atoms with E-state index >= 15 is 0 Å². The number of para-hydroxylation sites is 1. The molecule has 0 aliphatic heterocycles. The van der Waals surface area contributed by atoms with Crippen molar-refractivity contribution in [3.8, 4) is 5.75 Å². The molecule has 0 saturated carbocycles. The summed E-state index contributed by atoms with van der Waals surface area (Å²) in [5.41, 5.74) is 1.42. The van der Waals surface area contributed by atoms with Crippen LogP contribution in [0.3, 0.4) is 0 Å².